The van der Waals surface area contributed by atoms with Crippen LogP contribution in [0.15, 0.2) is 53.3 Å². The predicted molar refractivity (Wildman–Crippen MR) is 101 cm³/mol. The number of carbonyl (C=O) groups excluding carboxylic acids is 1. The number of fused-ring (bicyclic) bond motifs is 1. The molecular formula is C21H19F3N2O3. The van der Waals surface area contributed by atoms with E-state index in [-0.39, 0.29) is 23.4 Å². The molecule has 0 saturated heterocycles. The molecule has 0 aliphatic heterocycles. The number of ether oxygens (including phenoxy) is 1. The molecule has 0 spiro atoms. The number of aromatic nitrogens is 2. The molecule has 0 atom stereocenters. The number of alkyl halides is 3. The second kappa shape index (κ2) is 8.46. The number of halogens is 3. The van der Waals surface area contributed by atoms with Crippen molar-refractivity contribution in [3.63, 3.8) is 0 Å². The van der Waals surface area contributed by atoms with Gasteiger partial charge in [0.25, 0.3) is 5.56 Å². The minimum Gasteiger partial charge on any atom is -0.456 e. The van der Waals surface area contributed by atoms with Gasteiger partial charge < -0.3 is 4.74 Å². The highest BCUT2D eigenvalue weighted by atomic mass is 19.4. The second-order valence-electron chi connectivity index (χ2n) is 6.55. The third kappa shape index (κ3) is 4.64. The largest absolute Gasteiger partial charge is 0.456 e. The second-order valence-corrected chi connectivity index (χ2v) is 6.55. The molecule has 0 aliphatic rings. The Bertz CT molecular complexity index is 1090. The smallest absolute Gasteiger partial charge is 0.416 e. The maximum atomic E-state index is 12.8. The summed E-state index contributed by atoms with van der Waals surface area (Å²) in [4.78, 5) is 25.2. The van der Waals surface area contributed by atoms with Crippen molar-refractivity contribution in [2.75, 3.05) is 0 Å². The molecule has 0 radical (unpaired) electrons. The summed E-state index contributed by atoms with van der Waals surface area (Å²) in [5.41, 5.74) is -0.953. The molecule has 2 aromatic carbocycles. The fraction of sp³-hybridized carbons (Fsp3) is 0.286. The molecule has 1 heterocycles. The molecule has 29 heavy (non-hydrogen) atoms. The third-order valence-corrected chi connectivity index (χ3v) is 4.41. The van der Waals surface area contributed by atoms with Gasteiger partial charge in [0, 0.05) is 11.9 Å². The van der Waals surface area contributed by atoms with Crippen LogP contribution in [-0.2, 0) is 24.1 Å². The van der Waals surface area contributed by atoms with Crippen molar-refractivity contribution < 1.29 is 22.7 Å². The molecular weight excluding hydrogens is 385 g/mol. The summed E-state index contributed by atoms with van der Waals surface area (Å²) < 4.78 is 45.0. The maximum absolute atomic E-state index is 12.8. The molecule has 0 amide bonds. The van der Waals surface area contributed by atoms with Gasteiger partial charge in [-0.05, 0) is 30.2 Å². The standard InChI is InChI=1S/C21H19F3N2O3/c1-2-3-11-26-19(27)17-10-5-4-9-16(17)18(25-26)20(28)29-13-14-7-6-8-15(12-14)21(22,23)24/h4-10,12H,2-3,11,13H2,1H3. The van der Waals surface area contributed by atoms with Crippen molar-refractivity contribution in [3.8, 4) is 0 Å². The number of carbonyl (C=O) groups is 1. The Labute approximate surface area is 164 Å². The van der Waals surface area contributed by atoms with Crippen molar-refractivity contribution in [2.45, 2.75) is 39.1 Å². The molecule has 5 nitrogen and oxygen atoms in total. The van der Waals surface area contributed by atoms with E-state index in [0.717, 1.165) is 18.6 Å². The number of rotatable bonds is 6. The van der Waals surface area contributed by atoms with Crippen LogP contribution in [0.25, 0.3) is 10.8 Å². The Hall–Kier alpha value is -3.16. The SMILES string of the molecule is CCCCn1nc(C(=O)OCc2cccc(C(F)(F)F)c2)c2ccccc2c1=O. The van der Waals surface area contributed by atoms with E-state index in [2.05, 4.69) is 5.10 Å². The molecule has 0 unspecified atom stereocenters. The van der Waals surface area contributed by atoms with Crippen molar-refractivity contribution in [1.82, 2.24) is 9.78 Å². The Balaban J connectivity index is 1.89. The zero-order valence-electron chi connectivity index (χ0n) is 15.7. The molecule has 8 heteroatoms. The number of nitrogens with zero attached hydrogens (tertiary/aromatic N) is 2. The van der Waals surface area contributed by atoms with Gasteiger partial charge in [-0.15, -0.1) is 0 Å². The lowest BCUT2D eigenvalue weighted by Crippen LogP contribution is -2.26. The van der Waals surface area contributed by atoms with Crippen molar-refractivity contribution >= 4 is 16.7 Å². The lowest BCUT2D eigenvalue weighted by molar-refractivity contribution is -0.137. The average Bonchev–Trinajstić information content (AvgIpc) is 2.71. The predicted octanol–water partition coefficient (Wildman–Crippen LogP) is 4.57. The van der Waals surface area contributed by atoms with E-state index in [1.54, 1.807) is 24.3 Å². The van der Waals surface area contributed by atoms with Gasteiger partial charge in [-0.3, -0.25) is 4.79 Å². The Kier molecular flexibility index (Phi) is 6.00. The highest BCUT2D eigenvalue weighted by Gasteiger charge is 2.30. The van der Waals surface area contributed by atoms with Crippen molar-refractivity contribution in [1.29, 1.82) is 0 Å². The molecule has 0 saturated carbocycles. The minimum atomic E-state index is -4.48. The summed E-state index contributed by atoms with van der Waals surface area (Å²) in [6.07, 6.45) is -2.92. The van der Waals surface area contributed by atoms with Crippen molar-refractivity contribution in [3.05, 3.63) is 75.7 Å². The van der Waals surface area contributed by atoms with Crippen LogP contribution >= 0.6 is 0 Å². The van der Waals surface area contributed by atoms with Gasteiger partial charge in [-0.2, -0.15) is 18.3 Å². The number of esters is 1. The highest BCUT2D eigenvalue weighted by molar-refractivity contribution is 6.02. The van der Waals surface area contributed by atoms with Gasteiger partial charge in [0.15, 0.2) is 5.69 Å². The molecule has 3 rings (SSSR count). The number of benzene rings is 2. The fourth-order valence-corrected chi connectivity index (χ4v) is 2.90. The van der Waals surface area contributed by atoms with Gasteiger partial charge in [-0.1, -0.05) is 43.7 Å². The summed E-state index contributed by atoms with van der Waals surface area (Å²) in [7, 11) is 0. The summed E-state index contributed by atoms with van der Waals surface area (Å²) in [6.45, 7) is 1.98. The quantitative estimate of drug-likeness (QED) is 0.565. The third-order valence-electron chi connectivity index (χ3n) is 4.41. The van der Waals surface area contributed by atoms with Crippen LogP contribution in [0.1, 0.15) is 41.4 Å². The zero-order valence-corrected chi connectivity index (χ0v) is 15.7. The molecule has 0 aliphatic carbocycles. The van der Waals surface area contributed by atoms with Crippen LogP contribution in [0.4, 0.5) is 13.2 Å². The lowest BCUT2D eigenvalue weighted by atomic mass is 10.1. The monoisotopic (exact) mass is 404 g/mol. The van der Waals surface area contributed by atoms with Gasteiger partial charge in [0.1, 0.15) is 6.61 Å². The first-order valence-corrected chi connectivity index (χ1v) is 9.14. The lowest BCUT2D eigenvalue weighted by Gasteiger charge is -2.11. The van der Waals surface area contributed by atoms with Crippen LogP contribution in [-0.4, -0.2) is 15.7 Å². The van der Waals surface area contributed by atoms with E-state index in [1.165, 1.54) is 16.8 Å². The molecule has 1 aromatic heterocycles. The van der Waals surface area contributed by atoms with Crippen LogP contribution in [0.3, 0.4) is 0 Å². The normalized spacial score (nSPS) is 11.6. The van der Waals surface area contributed by atoms with E-state index < -0.39 is 17.7 Å². The first kappa shape index (κ1) is 20.6. The Morgan fingerprint density at radius 3 is 2.52 bits per heavy atom. The fourth-order valence-electron chi connectivity index (χ4n) is 2.90. The van der Waals surface area contributed by atoms with Gasteiger partial charge in [0.05, 0.1) is 10.9 Å². The first-order valence-electron chi connectivity index (χ1n) is 9.14. The number of aryl methyl sites for hydroxylation is 1. The summed E-state index contributed by atoms with van der Waals surface area (Å²) in [5.74, 6) is -0.802. The summed E-state index contributed by atoms with van der Waals surface area (Å²) in [5, 5.41) is 4.84. The maximum Gasteiger partial charge on any atom is 0.416 e. The Morgan fingerprint density at radius 2 is 1.83 bits per heavy atom. The van der Waals surface area contributed by atoms with Gasteiger partial charge >= 0.3 is 12.1 Å². The molecule has 0 bridgehead atoms. The minimum absolute atomic E-state index is 0.0386. The topological polar surface area (TPSA) is 61.2 Å². The van der Waals surface area contributed by atoms with E-state index in [0.29, 0.717) is 23.7 Å². The molecule has 0 N–H and O–H groups in total. The zero-order chi connectivity index (χ0) is 21.0. The Morgan fingerprint density at radius 1 is 1.10 bits per heavy atom. The van der Waals surface area contributed by atoms with Crippen LogP contribution in [0.5, 0.6) is 0 Å². The van der Waals surface area contributed by atoms with E-state index in [9.17, 15) is 22.8 Å². The summed E-state index contributed by atoms with van der Waals surface area (Å²) in [6, 6.07) is 11.1. The number of hydrogen-bond acceptors (Lipinski definition) is 4. The molecule has 0 fully saturated rings. The number of hydrogen-bond donors (Lipinski definition) is 0. The van der Waals surface area contributed by atoms with Crippen LogP contribution < -0.4 is 5.56 Å². The number of unbranched alkanes of at least 4 members (excludes halogenated alkanes) is 1. The van der Waals surface area contributed by atoms with Crippen LogP contribution in [0.2, 0.25) is 0 Å². The average molecular weight is 404 g/mol. The van der Waals surface area contributed by atoms with E-state index in [4.69, 9.17) is 4.74 Å². The van der Waals surface area contributed by atoms with Gasteiger partial charge in [0.2, 0.25) is 0 Å². The first-order chi connectivity index (χ1) is 13.8. The summed E-state index contributed by atoms with van der Waals surface area (Å²) >= 11 is 0. The molecule has 3 aromatic rings. The van der Waals surface area contributed by atoms with Crippen LogP contribution in [0, 0.1) is 0 Å². The molecule has 152 valence electrons. The highest BCUT2D eigenvalue weighted by Crippen LogP contribution is 2.29. The van der Waals surface area contributed by atoms with Crippen molar-refractivity contribution in [2.24, 2.45) is 0 Å². The van der Waals surface area contributed by atoms with E-state index >= 15 is 0 Å². The van der Waals surface area contributed by atoms with E-state index in [1.807, 2.05) is 6.92 Å². The van der Waals surface area contributed by atoms with Gasteiger partial charge in [-0.25, -0.2) is 9.48 Å².